The summed E-state index contributed by atoms with van der Waals surface area (Å²) in [6, 6.07) is 8.02. The molecular weight excluding hydrogens is 398 g/mol. The van der Waals surface area contributed by atoms with Gasteiger partial charge in [0.25, 0.3) is 0 Å². The number of hydrogen-bond acceptors (Lipinski definition) is 6. The Labute approximate surface area is 181 Å². The maximum Gasteiger partial charge on any atom is 0.337 e. The molecule has 1 fully saturated rings. The zero-order chi connectivity index (χ0) is 22.4. The number of amides is 1. The van der Waals surface area contributed by atoms with Crippen molar-refractivity contribution in [2.45, 2.75) is 32.9 Å². The molecule has 1 amide bonds. The van der Waals surface area contributed by atoms with Gasteiger partial charge in [-0.25, -0.2) is 4.79 Å². The van der Waals surface area contributed by atoms with E-state index in [1.165, 1.54) is 14.2 Å². The summed E-state index contributed by atoms with van der Waals surface area (Å²) in [7, 11) is 2.76. The van der Waals surface area contributed by atoms with Crippen LogP contribution in [0.5, 0.6) is 5.75 Å². The van der Waals surface area contributed by atoms with Crippen LogP contribution in [-0.4, -0.2) is 48.7 Å². The third kappa shape index (κ3) is 5.95. The van der Waals surface area contributed by atoms with Gasteiger partial charge in [-0.1, -0.05) is 6.92 Å². The van der Waals surface area contributed by atoms with Crippen LogP contribution in [0.2, 0.25) is 0 Å². The molecule has 0 spiro atoms. The first-order chi connectivity index (χ1) is 14.9. The number of carbonyl (C=O) groups is 2. The Kier molecular flexibility index (Phi) is 7.46. The second-order valence-corrected chi connectivity index (χ2v) is 7.90. The number of nitrogens with one attached hydrogen (secondary N) is 1. The van der Waals surface area contributed by atoms with Crippen molar-refractivity contribution in [1.82, 2.24) is 9.47 Å². The van der Waals surface area contributed by atoms with Crippen LogP contribution in [0.15, 0.2) is 41.3 Å². The van der Waals surface area contributed by atoms with Gasteiger partial charge in [-0.2, -0.15) is 0 Å². The SMILES string of the molecule is COC(=O)c1ccc(NC(=O)Cn2cc(OC)c(=O)cc2CN2CCC(C)CC2)cc1. The summed E-state index contributed by atoms with van der Waals surface area (Å²) in [6.45, 7) is 4.84. The third-order valence-corrected chi connectivity index (χ3v) is 5.57. The Balaban J connectivity index is 1.73. The Morgan fingerprint density at radius 1 is 1.13 bits per heavy atom. The zero-order valence-corrected chi connectivity index (χ0v) is 18.2. The molecule has 31 heavy (non-hydrogen) atoms. The highest BCUT2D eigenvalue weighted by Gasteiger charge is 2.18. The lowest BCUT2D eigenvalue weighted by molar-refractivity contribution is -0.116. The summed E-state index contributed by atoms with van der Waals surface area (Å²) < 4.78 is 11.6. The van der Waals surface area contributed by atoms with Crippen molar-refractivity contribution in [1.29, 1.82) is 0 Å². The van der Waals surface area contributed by atoms with Gasteiger partial charge < -0.3 is 19.4 Å². The lowest BCUT2D eigenvalue weighted by atomic mass is 9.99. The van der Waals surface area contributed by atoms with Gasteiger partial charge in [0.2, 0.25) is 11.3 Å². The van der Waals surface area contributed by atoms with E-state index in [0.717, 1.165) is 31.6 Å². The topological polar surface area (TPSA) is 89.9 Å². The Morgan fingerprint density at radius 3 is 2.42 bits per heavy atom. The van der Waals surface area contributed by atoms with Crippen molar-refractivity contribution < 1.29 is 19.1 Å². The van der Waals surface area contributed by atoms with E-state index in [-0.39, 0.29) is 23.6 Å². The van der Waals surface area contributed by atoms with Crippen LogP contribution >= 0.6 is 0 Å². The first-order valence-electron chi connectivity index (χ1n) is 10.4. The maximum absolute atomic E-state index is 12.7. The number of aromatic nitrogens is 1. The van der Waals surface area contributed by atoms with Gasteiger partial charge in [-0.3, -0.25) is 14.5 Å². The summed E-state index contributed by atoms with van der Waals surface area (Å²) in [5.41, 5.74) is 1.55. The first-order valence-corrected chi connectivity index (χ1v) is 10.4. The minimum Gasteiger partial charge on any atom is -0.491 e. The molecule has 1 aliphatic rings. The minimum atomic E-state index is -0.435. The monoisotopic (exact) mass is 427 g/mol. The van der Waals surface area contributed by atoms with Crippen LogP contribution in [0.4, 0.5) is 5.69 Å². The Bertz CT molecular complexity index is 976. The highest BCUT2D eigenvalue weighted by molar-refractivity contribution is 5.93. The van der Waals surface area contributed by atoms with E-state index >= 15 is 0 Å². The van der Waals surface area contributed by atoms with Crippen LogP contribution in [-0.2, 0) is 22.6 Å². The van der Waals surface area contributed by atoms with Crippen molar-refractivity contribution in [3.05, 3.63) is 58.0 Å². The minimum absolute atomic E-state index is 0.0367. The number of benzene rings is 1. The molecule has 1 N–H and O–H groups in total. The fraction of sp³-hybridized carbons (Fsp3) is 0.435. The van der Waals surface area contributed by atoms with Gasteiger partial charge >= 0.3 is 5.97 Å². The zero-order valence-electron chi connectivity index (χ0n) is 18.2. The molecule has 2 aromatic rings. The molecule has 0 bridgehead atoms. The van der Waals surface area contributed by atoms with Crippen LogP contribution in [0.3, 0.4) is 0 Å². The number of carbonyl (C=O) groups excluding carboxylic acids is 2. The van der Waals surface area contributed by atoms with Crippen LogP contribution in [0, 0.1) is 5.92 Å². The van der Waals surface area contributed by atoms with Crippen LogP contribution in [0.25, 0.3) is 0 Å². The molecule has 0 unspecified atom stereocenters. The fourth-order valence-electron chi connectivity index (χ4n) is 3.64. The number of nitrogens with zero attached hydrogens (tertiary/aromatic N) is 2. The lowest BCUT2D eigenvalue weighted by Crippen LogP contribution is -2.34. The summed E-state index contributed by atoms with van der Waals surface area (Å²) >= 11 is 0. The van der Waals surface area contributed by atoms with E-state index in [0.29, 0.717) is 23.7 Å². The normalized spacial score (nSPS) is 14.8. The van der Waals surface area contributed by atoms with Gasteiger partial charge in [-0.15, -0.1) is 0 Å². The molecular formula is C23H29N3O5. The van der Waals surface area contributed by atoms with Crippen molar-refractivity contribution in [3.63, 3.8) is 0 Å². The standard InChI is InChI=1S/C23H29N3O5/c1-16-8-10-25(11-9-16)13-19-12-20(27)21(30-2)14-26(19)15-22(28)24-18-6-4-17(5-7-18)23(29)31-3/h4-7,12,14,16H,8-11,13,15H2,1-3H3,(H,24,28). The average molecular weight is 428 g/mol. The summed E-state index contributed by atoms with van der Waals surface area (Å²) in [4.78, 5) is 38.8. The Morgan fingerprint density at radius 2 is 1.81 bits per heavy atom. The quantitative estimate of drug-likeness (QED) is 0.683. The van der Waals surface area contributed by atoms with Crippen LogP contribution in [0.1, 0.15) is 35.8 Å². The largest absolute Gasteiger partial charge is 0.491 e. The molecule has 1 aromatic carbocycles. The average Bonchev–Trinajstić information content (AvgIpc) is 2.77. The van der Waals surface area contributed by atoms with E-state index in [9.17, 15) is 14.4 Å². The second kappa shape index (κ2) is 10.3. The molecule has 1 saturated heterocycles. The number of piperidine rings is 1. The number of likely N-dealkylation sites (tertiary alicyclic amines) is 1. The van der Waals surface area contributed by atoms with E-state index in [1.54, 1.807) is 41.1 Å². The number of rotatable bonds is 7. The summed E-state index contributed by atoms with van der Waals surface area (Å²) in [5, 5.41) is 2.82. The molecule has 1 aromatic heterocycles. The smallest absolute Gasteiger partial charge is 0.337 e. The highest BCUT2D eigenvalue weighted by atomic mass is 16.5. The summed E-state index contributed by atoms with van der Waals surface area (Å²) in [5.74, 6) is 0.233. The number of esters is 1. The van der Waals surface area contributed by atoms with Crippen LogP contribution < -0.4 is 15.5 Å². The van der Waals surface area contributed by atoms with E-state index in [4.69, 9.17) is 4.74 Å². The number of anilines is 1. The van der Waals surface area contributed by atoms with Crippen molar-refractivity contribution in [3.8, 4) is 5.75 Å². The van der Waals surface area contributed by atoms with E-state index in [1.807, 2.05) is 0 Å². The van der Waals surface area contributed by atoms with Gasteiger partial charge in [0.15, 0.2) is 5.75 Å². The molecule has 1 aliphatic heterocycles. The molecule has 2 heterocycles. The molecule has 0 radical (unpaired) electrons. The predicted molar refractivity (Wildman–Crippen MR) is 117 cm³/mol. The number of ether oxygens (including phenoxy) is 2. The lowest BCUT2D eigenvalue weighted by Gasteiger charge is -2.31. The highest BCUT2D eigenvalue weighted by Crippen LogP contribution is 2.19. The van der Waals surface area contributed by atoms with Gasteiger partial charge in [-0.05, 0) is 56.1 Å². The molecule has 8 nitrogen and oxygen atoms in total. The molecule has 0 saturated carbocycles. The fourth-order valence-corrected chi connectivity index (χ4v) is 3.64. The number of pyridine rings is 1. The van der Waals surface area contributed by atoms with E-state index < -0.39 is 5.97 Å². The van der Waals surface area contributed by atoms with Crippen molar-refractivity contribution >= 4 is 17.6 Å². The first kappa shape index (κ1) is 22.6. The van der Waals surface area contributed by atoms with Crippen molar-refractivity contribution in [2.24, 2.45) is 5.92 Å². The molecule has 0 atom stereocenters. The van der Waals surface area contributed by atoms with E-state index in [2.05, 4.69) is 21.9 Å². The molecule has 166 valence electrons. The Hall–Kier alpha value is -3.13. The maximum atomic E-state index is 12.7. The van der Waals surface area contributed by atoms with Gasteiger partial charge in [0, 0.05) is 24.0 Å². The summed E-state index contributed by atoms with van der Waals surface area (Å²) in [6.07, 6.45) is 3.84. The number of methoxy groups -OCH3 is 2. The third-order valence-electron chi connectivity index (χ3n) is 5.57. The molecule has 8 heteroatoms. The second-order valence-electron chi connectivity index (χ2n) is 7.90. The predicted octanol–water partition coefficient (Wildman–Crippen LogP) is 2.51. The molecule has 0 aliphatic carbocycles. The van der Waals surface area contributed by atoms with Crippen molar-refractivity contribution in [2.75, 3.05) is 32.6 Å². The van der Waals surface area contributed by atoms with Gasteiger partial charge in [0.05, 0.1) is 26.0 Å². The van der Waals surface area contributed by atoms with Gasteiger partial charge in [0.1, 0.15) is 6.54 Å². The number of hydrogen-bond donors (Lipinski definition) is 1. The molecule has 3 rings (SSSR count).